The zero-order chi connectivity index (χ0) is 20.7. The molecule has 2 aromatic heterocycles. The number of hydrogen-bond donors (Lipinski definition) is 2. The standard InChI is InChI=1S/C20H19N3O6/c1-4-27-20(25)17-16(15-9(2)22-23-19(15)29-18(17)21)12-8-14(24)28-13-6-5-10(26-3)7-11(12)13/h5-8,16H,4,21H2,1-3H3,(H,22,23). The molecule has 3 aromatic rings. The molecular weight excluding hydrogens is 378 g/mol. The highest BCUT2D eigenvalue weighted by Gasteiger charge is 2.39. The summed E-state index contributed by atoms with van der Waals surface area (Å²) < 4.78 is 21.4. The van der Waals surface area contributed by atoms with Gasteiger partial charge in [0.2, 0.25) is 11.8 Å². The Kier molecular flexibility index (Phi) is 4.50. The maximum atomic E-state index is 12.8. The molecule has 0 saturated heterocycles. The van der Waals surface area contributed by atoms with Gasteiger partial charge in [-0.25, -0.2) is 9.59 Å². The Hall–Kier alpha value is -3.75. The number of H-pyrrole nitrogens is 1. The Morgan fingerprint density at radius 2 is 2.14 bits per heavy atom. The normalized spacial score (nSPS) is 15.8. The van der Waals surface area contributed by atoms with E-state index in [9.17, 15) is 9.59 Å². The van der Waals surface area contributed by atoms with Gasteiger partial charge in [0, 0.05) is 22.7 Å². The number of methoxy groups -OCH3 is 1. The maximum absolute atomic E-state index is 12.8. The van der Waals surface area contributed by atoms with Crippen LogP contribution in [0.15, 0.2) is 44.9 Å². The predicted molar refractivity (Wildman–Crippen MR) is 103 cm³/mol. The second-order valence-electron chi connectivity index (χ2n) is 6.48. The molecule has 0 fully saturated rings. The summed E-state index contributed by atoms with van der Waals surface area (Å²) in [7, 11) is 1.54. The summed E-state index contributed by atoms with van der Waals surface area (Å²) in [5.41, 5.74) is 7.74. The van der Waals surface area contributed by atoms with Gasteiger partial charge in [-0.3, -0.25) is 5.10 Å². The Labute approximate surface area is 165 Å². The summed E-state index contributed by atoms with van der Waals surface area (Å²) >= 11 is 0. The van der Waals surface area contributed by atoms with Crippen LogP contribution in [0, 0.1) is 6.92 Å². The van der Waals surface area contributed by atoms with Crippen molar-refractivity contribution in [1.29, 1.82) is 0 Å². The number of hydrogen-bond acceptors (Lipinski definition) is 8. The third-order valence-corrected chi connectivity index (χ3v) is 4.80. The summed E-state index contributed by atoms with van der Waals surface area (Å²) in [6.07, 6.45) is 0. The molecule has 0 bridgehead atoms. The average molecular weight is 397 g/mol. The molecule has 4 rings (SSSR count). The molecule has 0 spiro atoms. The molecule has 29 heavy (non-hydrogen) atoms. The van der Waals surface area contributed by atoms with Gasteiger partial charge >= 0.3 is 11.6 Å². The first-order valence-electron chi connectivity index (χ1n) is 8.95. The molecule has 1 aromatic carbocycles. The van der Waals surface area contributed by atoms with Crippen LogP contribution in [0.25, 0.3) is 11.0 Å². The maximum Gasteiger partial charge on any atom is 0.340 e. The number of fused-ring (bicyclic) bond motifs is 2. The Morgan fingerprint density at radius 1 is 1.34 bits per heavy atom. The van der Waals surface area contributed by atoms with Crippen molar-refractivity contribution in [1.82, 2.24) is 10.2 Å². The lowest BCUT2D eigenvalue weighted by Gasteiger charge is -2.26. The predicted octanol–water partition coefficient (Wildman–Crippen LogP) is 2.09. The SMILES string of the molecule is CCOC(=O)C1=C(N)Oc2n[nH]c(C)c2C1c1cc(=O)oc2ccc(OC)cc12. The van der Waals surface area contributed by atoms with Gasteiger partial charge in [-0.1, -0.05) is 0 Å². The number of nitrogens with zero attached hydrogens (tertiary/aromatic N) is 1. The quantitative estimate of drug-likeness (QED) is 0.506. The van der Waals surface area contributed by atoms with Crippen LogP contribution in [0.1, 0.15) is 29.7 Å². The van der Waals surface area contributed by atoms with Crippen molar-refractivity contribution >= 4 is 16.9 Å². The van der Waals surface area contributed by atoms with Crippen LogP contribution in [-0.4, -0.2) is 29.9 Å². The summed E-state index contributed by atoms with van der Waals surface area (Å²) in [4.78, 5) is 25.1. The zero-order valence-electron chi connectivity index (χ0n) is 16.1. The Balaban J connectivity index is 2.06. The zero-order valence-corrected chi connectivity index (χ0v) is 16.1. The van der Waals surface area contributed by atoms with E-state index in [1.165, 1.54) is 13.2 Å². The molecule has 9 heteroatoms. The van der Waals surface area contributed by atoms with Gasteiger partial charge in [0.15, 0.2) is 0 Å². The van der Waals surface area contributed by atoms with Crippen LogP contribution >= 0.6 is 0 Å². The fourth-order valence-corrected chi connectivity index (χ4v) is 3.55. The molecule has 0 aliphatic carbocycles. The first-order valence-corrected chi connectivity index (χ1v) is 8.95. The summed E-state index contributed by atoms with van der Waals surface area (Å²) in [5.74, 6) is -0.696. The number of rotatable bonds is 4. The van der Waals surface area contributed by atoms with Crippen molar-refractivity contribution in [3.05, 3.63) is 63.0 Å². The van der Waals surface area contributed by atoms with E-state index in [0.717, 1.165) is 0 Å². The van der Waals surface area contributed by atoms with Gasteiger partial charge in [0.25, 0.3) is 0 Å². The number of benzene rings is 1. The molecule has 0 saturated carbocycles. The summed E-state index contributed by atoms with van der Waals surface area (Å²) in [5, 5.41) is 7.55. The van der Waals surface area contributed by atoms with E-state index in [1.54, 1.807) is 32.0 Å². The molecule has 1 aliphatic heterocycles. The van der Waals surface area contributed by atoms with E-state index in [1.807, 2.05) is 0 Å². The van der Waals surface area contributed by atoms with Gasteiger partial charge in [-0.2, -0.15) is 0 Å². The highest BCUT2D eigenvalue weighted by Crippen LogP contribution is 2.45. The van der Waals surface area contributed by atoms with Crippen molar-refractivity contribution in [2.45, 2.75) is 19.8 Å². The van der Waals surface area contributed by atoms with Gasteiger partial charge in [0.1, 0.15) is 16.9 Å². The van der Waals surface area contributed by atoms with Gasteiger partial charge < -0.3 is 24.4 Å². The number of carbonyl (C=O) groups excluding carboxylic acids is 1. The fourth-order valence-electron chi connectivity index (χ4n) is 3.55. The molecule has 1 atom stereocenters. The van der Waals surface area contributed by atoms with Crippen molar-refractivity contribution < 1.29 is 23.4 Å². The molecule has 1 aliphatic rings. The van der Waals surface area contributed by atoms with Crippen LogP contribution in [0.5, 0.6) is 11.6 Å². The Bertz CT molecular complexity index is 1210. The van der Waals surface area contributed by atoms with Crippen LogP contribution in [0.2, 0.25) is 0 Å². The highest BCUT2D eigenvalue weighted by atomic mass is 16.5. The lowest BCUT2D eigenvalue weighted by molar-refractivity contribution is -0.139. The van der Waals surface area contributed by atoms with Crippen LogP contribution < -0.4 is 20.8 Å². The second-order valence-corrected chi connectivity index (χ2v) is 6.48. The molecular formula is C20H19N3O6. The number of nitrogens with two attached hydrogens (primary N) is 1. The lowest BCUT2D eigenvalue weighted by Crippen LogP contribution is -2.28. The number of aromatic nitrogens is 2. The molecule has 0 radical (unpaired) electrons. The van der Waals surface area contributed by atoms with Crippen molar-refractivity contribution in [3.8, 4) is 11.6 Å². The molecule has 3 N–H and O–H groups in total. The molecule has 9 nitrogen and oxygen atoms in total. The van der Waals surface area contributed by atoms with E-state index in [2.05, 4.69) is 10.2 Å². The van der Waals surface area contributed by atoms with E-state index in [0.29, 0.717) is 33.5 Å². The van der Waals surface area contributed by atoms with Gasteiger partial charge in [-0.15, -0.1) is 5.10 Å². The average Bonchev–Trinajstić information content (AvgIpc) is 3.06. The number of nitrogens with one attached hydrogen (secondary N) is 1. The van der Waals surface area contributed by atoms with Crippen LogP contribution in [-0.2, 0) is 9.53 Å². The minimum Gasteiger partial charge on any atom is -0.497 e. The van der Waals surface area contributed by atoms with Gasteiger partial charge in [0.05, 0.1) is 19.6 Å². The van der Waals surface area contributed by atoms with E-state index in [-0.39, 0.29) is 23.9 Å². The van der Waals surface area contributed by atoms with Crippen molar-refractivity contribution in [2.24, 2.45) is 5.73 Å². The minimum absolute atomic E-state index is 0.0959. The molecule has 3 heterocycles. The molecule has 1 unspecified atom stereocenters. The van der Waals surface area contributed by atoms with Crippen molar-refractivity contribution in [2.75, 3.05) is 13.7 Å². The first-order chi connectivity index (χ1) is 13.9. The summed E-state index contributed by atoms with van der Waals surface area (Å²) in [6, 6.07) is 6.39. The van der Waals surface area contributed by atoms with E-state index >= 15 is 0 Å². The number of esters is 1. The second kappa shape index (κ2) is 7.01. The van der Waals surface area contributed by atoms with Crippen LogP contribution in [0.4, 0.5) is 0 Å². The van der Waals surface area contributed by atoms with Crippen molar-refractivity contribution in [3.63, 3.8) is 0 Å². The highest BCUT2D eigenvalue weighted by molar-refractivity contribution is 5.95. The number of carbonyl (C=O) groups is 1. The van der Waals surface area contributed by atoms with E-state index < -0.39 is 17.5 Å². The largest absolute Gasteiger partial charge is 0.497 e. The Morgan fingerprint density at radius 3 is 2.86 bits per heavy atom. The lowest BCUT2D eigenvalue weighted by atomic mass is 9.82. The van der Waals surface area contributed by atoms with Crippen LogP contribution in [0.3, 0.4) is 0 Å². The smallest absolute Gasteiger partial charge is 0.340 e. The molecule has 150 valence electrons. The minimum atomic E-state index is -0.741. The first kappa shape index (κ1) is 18.6. The van der Waals surface area contributed by atoms with Gasteiger partial charge in [-0.05, 0) is 37.6 Å². The third kappa shape index (κ3) is 3.00. The number of ether oxygens (including phenoxy) is 3. The number of aryl methyl sites for hydroxylation is 1. The monoisotopic (exact) mass is 397 g/mol. The van der Waals surface area contributed by atoms with E-state index in [4.69, 9.17) is 24.4 Å². The summed E-state index contributed by atoms with van der Waals surface area (Å²) in [6.45, 7) is 3.64. The topological polar surface area (TPSA) is 130 Å². The third-order valence-electron chi connectivity index (χ3n) is 4.80. The molecule has 0 amide bonds. The number of aromatic amines is 1. The fraction of sp³-hybridized carbons (Fsp3) is 0.250.